The first-order valence-corrected chi connectivity index (χ1v) is 9.84. The highest BCUT2D eigenvalue weighted by Crippen LogP contribution is 2.34. The Morgan fingerprint density at radius 2 is 2.08 bits per heavy atom. The van der Waals surface area contributed by atoms with Crippen LogP contribution < -0.4 is 11.1 Å². The molecule has 24 heavy (non-hydrogen) atoms. The second kappa shape index (κ2) is 7.21. The maximum Gasteiger partial charge on any atom is 0.267 e. The number of carbonyl (C=O) groups is 1. The van der Waals surface area contributed by atoms with Gasteiger partial charge < -0.3 is 11.1 Å². The standard InChI is InChI=1S/C17H15Br2N3OS/c1-2-3-10-5-6-11-14(20)15(24-17(11)21-10)16(23)22-13-7-4-9(18)8-12(13)19/h4-8H,2-3,20H2,1H3,(H,22,23). The van der Waals surface area contributed by atoms with E-state index in [4.69, 9.17) is 5.73 Å². The maximum atomic E-state index is 12.6. The van der Waals surface area contributed by atoms with Gasteiger partial charge >= 0.3 is 0 Å². The summed E-state index contributed by atoms with van der Waals surface area (Å²) in [6.45, 7) is 2.11. The van der Waals surface area contributed by atoms with Crippen molar-refractivity contribution >= 4 is 70.7 Å². The Kier molecular flexibility index (Phi) is 5.22. The number of hydrogen-bond donors (Lipinski definition) is 2. The molecule has 0 unspecified atom stereocenters. The van der Waals surface area contributed by atoms with Gasteiger partial charge in [-0.2, -0.15) is 0 Å². The number of halogens is 2. The van der Waals surface area contributed by atoms with Crippen LogP contribution >= 0.6 is 43.2 Å². The summed E-state index contributed by atoms with van der Waals surface area (Å²) < 4.78 is 1.73. The van der Waals surface area contributed by atoms with Crippen molar-refractivity contribution < 1.29 is 4.79 Å². The third kappa shape index (κ3) is 3.48. The summed E-state index contributed by atoms with van der Waals surface area (Å²) in [5, 5.41) is 3.72. The fraction of sp³-hybridized carbons (Fsp3) is 0.176. The molecule has 0 aliphatic rings. The summed E-state index contributed by atoms with van der Waals surface area (Å²) >= 11 is 8.16. The van der Waals surface area contributed by atoms with Gasteiger partial charge in [0.15, 0.2) is 0 Å². The van der Waals surface area contributed by atoms with Crippen molar-refractivity contribution in [2.45, 2.75) is 19.8 Å². The molecule has 2 heterocycles. The van der Waals surface area contributed by atoms with E-state index in [1.54, 1.807) is 0 Å². The normalized spacial score (nSPS) is 11.0. The molecule has 4 nitrogen and oxygen atoms in total. The average Bonchev–Trinajstić information content (AvgIpc) is 2.87. The topological polar surface area (TPSA) is 68.0 Å². The fourth-order valence-corrected chi connectivity index (χ4v) is 4.52. The molecular formula is C17H15Br2N3OS. The molecule has 2 aromatic heterocycles. The van der Waals surface area contributed by atoms with Crippen LogP contribution in [0.2, 0.25) is 0 Å². The quantitative estimate of drug-likeness (QED) is 0.522. The lowest BCUT2D eigenvalue weighted by Gasteiger charge is -2.07. The highest BCUT2D eigenvalue weighted by molar-refractivity contribution is 9.11. The van der Waals surface area contributed by atoms with E-state index in [2.05, 4.69) is 49.1 Å². The Labute approximate surface area is 160 Å². The molecular weight excluding hydrogens is 454 g/mol. The molecule has 0 bridgehead atoms. The number of anilines is 2. The number of amides is 1. The number of nitrogens with zero attached hydrogens (tertiary/aromatic N) is 1. The smallest absolute Gasteiger partial charge is 0.267 e. The molecule has 0 spiro atoms. The zero-order valence-corrected chi connectivity index (χ0v) is 16.9. The van der Waals surface area contributed by atoms with Crippen LogP contribution in [0.15, 0.2) is 39.3 Å². The van der Waals surface area contributed by atoms with Crippen molar-refractivity contribution in [1.82, 2.24) is 4.98 Å². The van der Waals surface area contributed by atoms with Crippen LogP contribution in [0.1, 0.15) is 28.7 Å². The van der Waals surface area contributed by atoms with Crippen LogP contribution in [0, 0.1) is 0 Å². The van der Waals surface area contributed by atoms with Crippen LogP contribution in [0.4, 0.5) is 11.4 Å². The van der Waals surface area contributed by atoms with Crippen molar-refractivity contribution in [2.75, 3.05) is 11.1 Å². The minimum atomic E-state index is -0.226. The number of fused-ring (bicyclic) bond motifs is 1. The lowest BCUT2D eigenvalue weighted by molar-refractivity contribution is 0.103. The lowest BCUT2D eigenvalue weighted by atomic mass is 10.2. The van der Waals surface area contributed by atoms with E-state index >= 15 is 0 Å². The number of carbonyl (C=O) groups excluding carboxylic acids is 1. The predicted molar refractivity (Wildman–Crippen MR) is 108 cm³/mol. The van der Waals surface area contributed by atoms with Gasteiger partial charge in [0.05, 0.1) is 11.4 Å². The number of hydrogen-bond acceptors (Lipinski definition) is 4. The van der Waals surface area contributed by atoms with Crippen molar-refractivity contribution in [2.24, 2.45) is 0 Å². The number of pyridine rings is 1. The van der Waals surface area contributed by atoms with E-state index in [0.29, 0.717) is 16.3 Å². The summed E-state index contributed by atoms with van der Waals surface area (Å²) in [7, 11) is 0. The molecule has 7 heteroatoms. The number of thiophene rings is 1. The number of aromatic nitrogens is 1. The third-order valence-corrected chi connectivity index (χ3v) is 5.81. The molecule has 0 aliphatic carbocycles. The van der Waals surface area contributed by atoms with Gasteiger partial charge in [-0.25, -0.2) is 4.98 Å². The number of nitrogens with two attached hydrogens (primary N) is 1. The summed E-state index contributed by atoms with van der Waals surface area (Å²) in [4.78, 5) is 18.5. The molecule has 124 valence electrons. The first-order valence-electron chi connectivity index (χ1n) is 7.44. The number of aryl methyl sites for hydroxylation is 1. The highest BCUT2D eigenvalue weighted by Gasteiger charge is 2.18. The van der Waals surface area contributed by atoms with Gasteiger partial charge in [-0.1, -0.05) is 29.3 Å². The van der Waals surface area contributed by atoms with E-state index in [0.717, 1.165) is 37.7 Å². The van der Waals surface area contributed by atoms with Gasteiger partial charge in [0, 0.05) is 20.0 Å². The van der Waals surface area contributed by atoms with E-state index in [1.807, 2.05) is 30.3 Å². The second-order valence-electron chi connectivity index (χ2n) is 5.33. The van der Waals surface area contributed by atoms with E-state index < -0.39 is 0 Å². The van der Waals surface area contributed by atoms with Gasteiger partial charge in [-0.05, 0) is 52.7 Å². The van der Waals surface area contributed by atoms with Crippen LogP contribution in [0.5, 0.6) is 0 Å². The zero-order valence-electron chi connectivity index (χ0n) is 12.9. The summed E-state index contributed by atoms with van der Waals surface area (Å²) in [5.41, 5.74) is 8.37. The molecule has 3 aromatic rings. The molecule has 3 N–H and O–H groups in total. The van der Waals surface area contributed by atoms with Crippen molar-refractivity contribution in [3.05, 3.63) is 49.8 Å². The fourth-order valence-electron chi connectivity index (χ4n) is 2.37. The van der Waals surface area contributed by atoms with Gasteiger partial charge in [-0.3, -0.25) is 4.79 Å². The molecule has 1 amide bonds. The Hall–Kier alpha value is -1.44. The first kappa shape index (κ1) is 17.4. The number of benzene rings is 1. The van der Waals surface area contributed by atoms with E-state index in [1.165, 1.54) is 11.3 Å². The summed E-state index contributed by atoms with van der Waals surface area (Å²) in [5.74, 6) is -0.226. The van der Waals surface area contributed by atoms with Crippen LogP contribution in [0.25, 0.3) is 10.2 Å². The Bertz CT molecular complexity index is 924. The van der Waals surface area contributed by atoms with Crippen molar-refractivity contribution in [1.29, 1.82) is 0 Å². The largest absolute Gasteiger partial charge is 0.397 e. The molecule has 0 fully saturated rings. The minimum absolute atomic E-state index is 0.226. The van der Waals surface area contributed by atoms with Gasteiger partial charge in [0.1, 0.15) is 9.71 Å². The van der Waals surface area contributed by atoms with Crippen molar-refractivity contribution in [3.8, 4) is 0 Å². The second-order valence-corrected chi connectivity index (χ2v) is 8.10. The zero-order chi connectivity index (χ0) is 17.3. The summed E-state index contributed by atoms with van der Waals surface area (Å²) in [6.07, 6.45) is 1.95. The van der Waals surface area contributed by atoms with Crippen LogP contribution in [0.3, 0.4) is 0 Å². The lowest BCUT2D eigenvalue weighted by Crippen LogP contribution is -2.12. The average molecular weight is 469 g/mol. The third-order valence-electron chi connectivity index (χ3n) is 3.54. The summed E-state index contributed by atoms with van der Waals surface area (Å²) in [6, 6.07) is 9.50. The highest BCUT2D eigenvalue weighted by atomic mass is 79.9. The molecule has 0 saturated carbocycles. The van der Waals surface area contributed by atoms with Gasteiger partial charge in [-0.15, -0.1) is 11.3 Å². The van der Waals surface area contributed by atoms with Gasteiger partial charge in [0.25, 0.3) is 5.91 Å². The monoisotopic (exact) mass is 467 g/mol. The van der Waals surface area contributed by atoms with Crippen LogP contribution in [-0.4, -0.2) is 10.9 Å². The number of nitrogen functional groups attached to an aromatic ring is 1. The number of nitrogens with one attached hydrogen (secondary N) is 1. The maximum absolute atomic E-state index is 12.6. The predicted octanol–water partition coefficient (Wildman–Crippen LogP) is 5.61. The van der Waals surface area contributed by atoms with Crippen LogP contribution in [-0.2, 0) is 6.42 Å². The molecule has 0 saturated heterocycles. The minimum Gasteiger partial charge on any atom is -0.397 e. The van der Waals surface area contributed by atoms with Gasteiger partial charge in [0.2, 0.25) is 0 Å². The molecule has 0 radical (unpaired) electrons. The Balaban J connectivity index is 1.93. The molecule has 0 aliphatic heterocycles. The Morgan fingerprint density at radius 3 is 2.79 bits per heavy atom. The van der Waals surface area contributed by atoms with E-state index in [9.17, 15) is 4.79 Å². The number of rotatable bonds is 4. The molecule has 0 atom stereocenters. The Morgan fingerprint density at radius 1 is 1.29 bits per heavy atom. The SMILES string of the molecule is CCCc1ccc2c(N)c(C(=O)Nc3ccc(Br)cc3Br)sc2n1. The van der Waals surface area contributed by atoms with Crippen molar-refractivity contribution in [3.63, 3.8) is 0 Å². The van der Waals surface area contributed by atoms with E-state index in [-0.39, 0.29) is 5.91 Å². The molecule has 3 rings (SSSR count). The first-order chi connectivity index (χ1) is 11.5. The molecule has 1 aromatic carbocycles.